The Morgan fingerprint density at radius 2 is 1.90 bits per heavy atom. The maximum Gasteiger partial charge on any atom is 0.272 e. The number of amides is 1. The van der Waals surface area contributed by atoms with Crippen LogP contribution in [0.2, 0.25) is 0 Å². The second-order valence-electron chi connectivity index (χ2n) is 7.19. The quantitative estimate of drug-likeness (QED) is 0.359. The zero-order chi connectivity index (χ0) is 21.4. The third-order valence-electron chi connectivity index (χ3n) is 5.07. The molecule has 1 N–H and O–H groups in total. The summed E-state index contributed by atoms with van der Waals surface area (Å²) in [6, 6.07) is 19.1. The van der Waals surface area contributed by atoms with Crippen molar-refractivity contribution in [2.45, 2.75) is 13.8 Å². The molecule has 7 heteroatoms. The predicted octanol–water partition coefficient (Wildman–Crippen LogP) is 5.15. The van der Waals surface area contributed by atoms with Crippen LogP contribution in [-0.4, -0.2) is 23.4 Å². The second-order valence-corrected chi connectivity index (χ2v) is 8.48. The lowest BCUT2D eigenvalue weighted by Gasteiger charge is -2.09. The molecule has 3 heterocycles. The van der Waals surface area contributed by atoms with Gasteiger partial charge in [0.25, 0.3) is 5.91 Å². The molecular weight excluding hydrogens is 410 g/mol. The number of hydrazone groups is 1. The van der Waals surface area contributed by atoms with Crippen LogP contribution in [0.4, 0.5) is 0 Å². The highest BCUT2D eigenvalue weighted by atomic mass is 32.1. The van der Waals surface area contributed by atoms with E-state index >= 15 is 0 Å². The average molecular weight is 430 g/mol. The first-order valence-corrected chi connectivity index (χ1v) is 10.6. The molecule has 31 heavy (non-hydrogen) atoms. The Morgan fingerprint density at radius 1 is 1.06 bits per heavy atom. The van der Waals surface area contributed by atoms with Gasteiger partial charge in [-0.2, -0.15) is 5.10 Å². The SMILES string of the molecule is C/C(=N\NC(=O)c1cc(-c2ccc(C)s2)nc2ccccc12)c1ccc2c(c1)OCO2. The lowest BCUT2D eigenvalue weighted by Crippen LogP contribution is -2.20. The number of carbonyl (C=O) groups excluding carboxylic acids is 1. The Balaban J connectivity index is 1.47. The zero-order valence-electron chi connectivity index (χ0n) is 17.0. The Morgan fingerprint density at radius 3 is 2.74 bits per heavy atom. The minimum Gasteiger partial charge on any atom is -0.454 e. The Hall–Kier alpha value is -3.71. The van der Waals surface area contributed by atoms with Gasteiger partial charge in [-0.05, 0) is 56.3 Å². The first-order chi connectivity index (χ1) is 15.1. The number of aryl methyl sites for hydroxylation is 1. The minimum absolute atomic E-state index is 0.215. The summed E-state index contributed by atoms with van der Waals surface area (Å²) in [5.74, 6) is 1.10. The van der Waals surface area contributed by atoms with Gasteiger partial charge in [-0.25, -0.2) is 10.4 Å². The molecule has 154 valence electrons. The summed E-state index contributed by atoms with van der Waals surface area (Å²) in [7, 11) is 0. The maximum absolute atomic E-state index is 13.1. The van der Waals surface area contributed by atoms with Crippen LogP contribution in [-0.2, 0) is 0 Å². The van der Waals surface area contributed by atoms with Gasteiger partial charge in [-0.3, -0.25) is 4.79 Å². The van der Waals surface area contributed by atoms with Gasteiger partial charge < -0.3 is 9.47 Å². The van der Waals surface area contributed by atoms with Crippen molar-refractivity contribution < 1.29 is 14.3 Å². The van der Waals surface area contributed by atoms with Crippen LogP contribution in [0.15, 0.2) is 65.8 Å². The molecule has 4 aromatic rings. The van der Waals surface area contributed by atoms with E-state index in [1.807, 2.05) is 61.5 Å². The lowest BCUT2D eigenvalue weighted by atomic mass is 10.1. The fourth-order valence-electron chi connectivity index (χ4n) is 3.44. The molecule has 5 rings (SSSR count). The molecule has 1 aliphatic heterocycles. The van der Waals surface area contributed by atoms with Crippen LogP contribution in [0.5, 0.6) is 11.5 Å². The van der Waals surface area contributed by atoms with Crippen molar-refractivity contribution in [2.24, 2.45) is 5.10 Å². The van der Waals surface area contributed by atoms with Gasteiger partial charge in [0.05, 0.1) is 27.4 Å². The molecule has 0 fully saturated rings. The van der Waals surface area contributed by atoms with Gasteiger partial charge >= 0.3 is 0 Å². The van der Waals surface area contributed by atoms with Gasteiger partial charge in [-0.15, -0.1) is 11.3 Å². The number of fused-ring (bicyclic) bond motifs is 2. The molecule has 0 aliphatic carbocycles. The average Bonchev–Trinajstić information content (AvgIpc) is 3.44. The van der Waals surface area contributed by atoms with E-state index in [0.717, 1.165) is 27.0 Å². The van der Waals surface area contributed by atoms with Crippen LogP contribution < -0.4 is 14.9 Å². The maximum atomic E-state index is 13.1. The van der Waals surface area contributed by atoms with Crippen molar-refractivity contribution in [1.82, 2.24) is 10.4 Å². The molecular formula is C24H19N3O3S. The lowest BCUT2D eigenvalue weighted by molar-refractivity contribution is 0.0956. The molecule has 1 aliphatic rings. The van der Waals surface area contributed by atoms with E-state index in [1.165, 1.54) is 4.88 Å². The fraction of sp³-hybridized carbons (Fsp3) is 0.125. The molecule has 2 aromatic carbocycles. The molecule has 0 bridgehead atoms. The summed E-state index contributed by atoms with van der Waals surface area (Å²) in [5, 5.41) is 5.10. The molecule has 0 unspecified atom stereocenters. The Kier molecular flexibility index (Phi) is 4.88. The van der Waals surface area contributed by atoms with Gasteiger partial charge in [0.2, 0.25) is 6.79 Å². The molecule has 0 saturated heterocycles. The highest BCUT2D eigenvalue weighted by Gasteiger charge is 2.16. The highest BCUT2D eigenvalue weighted by Crippen LogP contribution is 2.33. The molecule has 0 saturated carbocycles. The molecule has 0 atom stereocenters. The van der Waals surface area contributed by atoms with Crippen LogP contribution in [0, 0.1) is 6.92 Å². The minimum atomic E-state index is -0.284. The van der Waals surface area contributed by atoms with Crippen LogP contribution in [0.25, 0.3) is 21.5 Å². The summed E-state index contributed by atoms with van der Waals surface area (Å²) in [6.07, 6.45) is 0. The van der Waals surface area contributed by atoms with Crippen molar-refractivity contribution in [3.8, 4) is 22.1 Å². The predicted molar refractivity (Wildman–Crippen MR) is 122 cm³/mol. The number of hydrogen-bond donors (Lipinski definition) is 1. The Bertz CT molecular complexity index is 1340. The van der Waals surface area contributed by atoms with E-state index in [2.05, 4.69) is 23.5 Å². The summed E-state index contributed by atoms with van der Waals surface area (Å²) < 4.78 is 10.8. The molecule has 0 spiro atoms. The van der Waals surface area contributed by atoms with Gasteiger partial charge in [0, 0.05) is 15.8 Å². The van der Waals surface area contributed by atoms with Crippen LogP contribution >= 0.6 is 11.3 Å². The standard InChI is InChI=1S/C24H19N3O3S/c1-14-7-10-23(31-14)20-12-18(17-5-3-4-6-19(17)25-20)24(28)27-26-15(2)16-8-9-21-22(11-16)30-13-29-21/h3-12H,13H2,1-2H3,(H,27,28)/b26-15+. The number of para-hydroxylation sites is 1. The molecule has 1 amide bonds. The molecule has 0 radical (unpaired) electrons. The number of rotatable bonds is 4. The van der Waals surface area contributed by atoms with Gasteiger partial charge in [-0.1, -0.05) is 18.2 Å². The number of aromatic nitrogens is 1. The van der Waals surface area contributed by atoms with Crippen molar-refractivity contribution in [1.29, 1.82) is 0 Å². The van der Waals surface area contributed by atoms with E-state index in [1.54, 1.807) is 11.3 Å². The van der Waals surface area contributed by atoms with Crippen molar-refractivity contribution in [3.63, 3.8) is 0 Å². The Labute approximate surface area is 183 Å². The summed E-state index contributed by atoms with van der Waals surface area (Å²) in [5.41, 5.74) is 6.29. The third kappa shape index (κ3) is 3.75. The van der Waals surface area contributed by atoms with Crippen molar-refractivity contribution in [2.75, 3.05) is 6.79 Å². The second kappa shape index (κ2) is 7.85. The number of thiophene rings is 1. The van der Waals surface area contributed by atoms with Gasteiger partial charge in [0.1, 0.15) is 0 Å². The number of nitrogens with one attached hydrogen (secondary N) is 1. The topological polar surface area (TPSA) is 72.8 Å². The smallest absolute Gasteiger partial charge is 0.272 e. The number of hydrogen-bond acceptors (Lipinski definition) is 6. The van der Waals surface area contributed by atoms with E-state index in [4.69, 9.17) is 14.5 Å². The van der Waals surface area contributed by atoms with Crippen molar-refractivity contribution in [3.05, 3.63) is 76.7 Å². The molecule has 6 nitrogen and oxygen atoms in total. The van der Waals surface area contributed by atoms with Crippen LogP contribution in [0.1, 0.15) is 27.7 Å². The van der Waals surface area contributed by atoms with Crippen LogP contribution in [0.3, 0.4) is 0 Å². The third-order valence-corrected chi connectivity index (χ3v) is 6.09. The van der Waals surface area contributed by atoms with E-state index < -0.39 is 0 Å². The summed E-state index contributed by atoms with van der Waals surface area (Å²) in [6.45, 7) is 4.10. The fourth-order valence-corrected chi connectivity index (χ4v) is 4.27. The highest BCUT2D eigenvalue weighted by molar-refractivity contribution is 7.15. The first kappa shape index (κ1) is 19.3. The zero-order valence-corrected chi connectivity index (χ0v) is 17.8. The normalized spacial score (nSPS) is 12.9. The number of nitrogens with zero attached hydrogens (tertiary/aromatic N) is 2. The summed E-state index contributed by atoms with van der Waals surface area (Å²) in [4.78, 5) is 20.0. The first-order valence-electron chi connectivity index (χ1n) is 9.80. The molecule has 2 aromatic heterocycles. The van der Waals surface area contributed by atoms with E-state index in [-0.39, 0.29) is 12.7 Å². The number of carbonyl (C=O) groups is 1. The number of pyridine rings is 1. The van der Waals surface area contributed by atoms with E-state index in [9.17, 15) is 4.79 Å². The number of benzene rings is 2. The number of ether oxygens (including phenoxy) is 2. The van der Waals surface area contributed by atoms with Gasteiger partial charge in [0.15, 0.2) is 11.5 Å². The largest absolute Gasteiger partial charge is 0.454 e. The summed E-state index contributed by atoms with van der Waals surface area (Å²) >= 11 is 1.65. The monoisotopic (exact) mass is 429 g/mol. The van der Waals surface area contributed by atoms with E-state index in [0.29, 0.717) is 22.8 Å². The van der Waals surface area contributed by atoms with Crippen molar-refractivity contribution >= 4 is 33.9 Å².